The Balaban J connectivity index is 0.000000160. The summed E-state index contributed by atoms with van der Waals surface area (Å²) in [6.07, 6.45) is 8.76. The zero-order chi connectivity index (χ0) is 43.3. The number of aromatic nitrogens is 4. The fraction of sp³-hybridized carbons (Fsp3) is 0.304. The fourth-order valence-corrected chi connectivity index (χ4v) is 8.07. The van der Waals surface area contributed by atoms with Crippen LogP contribution in [0.1, 0.15) is 12.8 Å². The second-order valence-corrected chi connectivity index (χ2v) is 16.3. The van der Waals surface area contributed by atoms with E-state index >= 15 is 0 Å². The number of hydrogen-bond donors (Lipinski definition) is 3. The van der Waals surface area contributed by atoms with Gasteiger partial charge in [-0.15, -0.1) is 0 Å². The second-order valence-electron chi connectivity index (χ2n) is 15.5. The van der Waals surface area contributed by atoms with Crippen LogP contribution in [-0.2, 0) is 0 Å². The molecule has 4 aromatic carbocycles. The molecule has 0 bridgehead atoms. The van der Waals surface area contributed by atoms with E-state index in [2.05, 4.69) is 52.7 Å². The summed E-state index contributed by atoms with van der Waals surface area (Å²) in [5, 5.41) is 14.5. The lowest BCUT2D eigenvalue weighted by Gasteiger charge is -2.32. The highest BCUT2D eigenvalue weighted by molar-refractivity contribution is 6.35. The summed E-state index contributed by atoms with van der Waals surface area (Å²) in [5.41, 5.74) is 4.11. The highest BCUT2D eigenvalue weighted by Gasteiger charge is 2.20. The Labute approximate surface area is 373 Å². The number of nitrogens with zero attached hydrogens (tertiary/aromatic N) is 6. The molecule has 15 nitrogen and oxygen atoms in total. The molecule has 0 aliphatic carbocycles. The molecule has 0 spiro atoms. The number of likely N-dealkylation sites (N-methyl/N-ethyl adjacent to an activating group) is 1. The molecule has 17 heteroatoms. The lowest BCUT2D eigenvalue weighted by molar-refractivity contribution is 0.0747. The molecule has 0 amide bonds. The molecule has 3 N–H and O–H groups in total. The number of fused-ring (bicyclic) bond motifs is 4. The van der Waals surface area contributed by atoms with Gasteiger partial charge in [-0.1, -0.05) is 23.2 Å². The largest absolute Gasteiger partial charge is 0.493 e. The van der Waals surface area contributed by atoms with E-state index in [1.54, 1.807) is 32.9 Å². The summed E-state index contributed by atoms with van der Waals surface area (Å²) in [7, 11) is 5.40. The molecular formula is C46H47Cl2N9O6. The van der Waals surface area contributed by atoms with Gasteiger partial charge in [-0.05, 0) is 87.4 Å². The topological polar surface area (TPSA) is 157 Å². The van der Waals surface area contributed by atoms with Crippen molar-refractivity contribution in [3.8, 4) is 23.0 Å². The van der Waals surface area contributed by atoms with Crippen LogP contribution in [0.4, 0.5) is 23.1 Å². The van der Waals surface area contributed by atoms with E-state index in [1.165, 1.54) is 6.33 Å². The molecule has 4 aromatic heterocycles. The van der Waals surface area contributed by atoms with Gasteiger partial charge in [0.05, 0.1) is 54.4 Å². The van der Waals surface area contributed by atoms with Crippen molar-refractivity contribution in [3.05, 3.63) is 95.8 Å². The summed E-state index contributed by atoms with van der Waals surface area (Å²) in [5.74, 6) is 4.19. The summed E-state index contributed by atoms with van der Waals surface area (Å²) in [4.78, 5) is 22.6. The third kappa shape index (κ3) is 9.48. The first kappa shape index (κ1) is 42.2. The highest BCUT2D eigenvalue weighted by Crippen LogP contribution is 2.39. The minimum atomic E-state index is 0.424. The van der Waals surface area contributed by atoms with E-state index in [0.29, 0.717) is 86.6 Å². The van der Waals surface area contributed by atoms with Crippen LogP contribution in [0.15, 0.2) is 94.5 Å². The number of furan rings is 2. The zero-order valence-corrected chi connectivity index (χ0v) is 36.6. The van der Waals surface area contributed by atoms with Gasteiger partial charge in [-0.2, -0.15) is 0 Å². The number of benzene rings is 4. The lowest BCUT2D eigenvalue weighted by Crippen LogP contribution is -2.45. The molecule has 0 saturated carbocycles. The Morgan fingerprint density at radius 1 is 0.714 bits per heavy atom. The van der Waals surface area contributed by atoms with Crippen LogP contribution >= 0.6 is 23.2 Å². The van der Waals surface area contributed by atoms with E-state index in [0.717, 1.165) is 84.7 Å². The first-order valence-corrected chi connectivity index (χ1v) is 21.5. The number of methoxy groups -OCH3 is 2. The minimum Gasteiger partial charge on any atom is -0.493 e. The Hall–Kier alpha value is -6.10. The van der Waals surface area contributed by atoms with Crippen molar-refractivity contribution in [1.82, 2.24) is 35.1 Å². The summed E-state index contributed by atoms with van der Waals surface area (Å²) >= 11 is 12.8. The average molecular weight is 893 g/mol. The SMILES string of the molecule is COc1cc2c(Nc3c(Cl)ccc4ccoc34)ncnc2cc1OCN1CCN(C)CC1.COc1cc2cnc(Nc3c(Cl)ccc4ccoc34)nc2cc1OCC1CCNCC1. The number of rotatable bonds is 12. The maximum absolute atomic E-state index is 6.45. The summed E-state index contributed by atoms with van der Waals surface area (Å²) in [6, 6.07) is 18.8. The van der Waals surface area contributed by atoms with Gasteiger partial charge >= 0.3 is 0 Å². The van der Waals surface area contributed by atoms with Gasteiger partial charge in [0.2, 0.25) is 5.95 Å². The van der Waals surface area contributed by atoms with Gasteiger partial charge in [-0.3, -0.25) is 4.90 Å². The third-order valence-corrected chi connectivity index (χ3v) is 12.0. The van der Waals surface area contributed by atoms with Gasteiger partial charge in [-0.25, -0.2) is 19.9 Å². The first-order valence-electron chi connectivity index (χ1n) is 20.7. The quantitative estimate of drug-likeness (QED) is 0.106. The molecule has 0 radical (unpaired) electrons. The molecule has 0 atom stereocenters. The van der Waals surface area contributed by atoms with E-state index in [1.807, 2.05) is 60.7 Å². The Bertz CT molecular complexity index is 2860. The predicted molar refractivity (Wildman–Crippen MR) is 247 cm³/mol. The Kier molecular flexibility index (Phi) is 12.8. The molecule has 2 fully saturated rings. The number of anilines is 4. The van der Waals surface area contributed by atoms with Crippen LogP contribution in [0.2, 0.25) is 10.0 Å². The number of piperidine rings is 1. The van der Waals surface area contributed by atoms with Crippen molar-refractivity contribution in [1.29, 1.82) is 0 Å². The Morgan fingerprint density at radius 2 is 1.37 bits per heavy atom. The van der Waals surface area contributed by atoms with Crippen LogP contribution in [0.3, 0.4) is 0 Å². The van der Waals surface area contributed by atoms with Crippen LogP contribution in [0, 0.1) is 5.92 Å². The molecule has 6 heterocycles. The standard InChI is InChI=1S/C23H24ClN5O3.C23H23ClN4O3/c1-28-6-8-29(9-7-28)14-32-20-12-18-16(11-19(20)30-2)23(26-13-25-18)27-21-17(24)4-3-15-5-10-31-22(15)21;1-29-19-10-16-12-26-23(28-21-17(24)3-2-15-6-9-30-22(15)21)27-18(16)11-20(19)31-13-14-4-7-25-8-5-14/h3-5,10-13H,6-9,14H2,1-2H3,(H,25,26,27);2-3,6,9-12,14,25H,4-5,7-8,13H2,1H3,(H,26,27,28). The monoisotopic (exact) mass is 891 g/mol. The lowest BCUT2D eigenvalue weighted by atomic mass is 9.99. The number of hydrogen-bond acceptors (Lipinski definition) is 15. The molecule has 63 heavy (non-hydrogen) atoms. The van der Waals surface area contributed by atoms with Gasteiger partial charge in [0, 0.05) is 66.1 Å². The van der Waals surface area contributed by atoms with E-state index in [-0.39, 0.29) is 0 Å². The molecule has 8 aromatic rings. The van der Waals surface area contributed by atoms with Gasteiger partial charge in [0.25, 0.3) is 0 Å². The third-order valence-electron chi connectivity index (χ3n) is 11.3. The van der Waals surface area contributed by atoms with Crippen molar-refractivity contribution in [3.63, 3.8) is 0 Å². The molecule has 2 saturated heterocycles. The first-order chi connectivity index (χ1) is 30.8. The average Bonchev–Trinajstić information content (AvgIpc) is 4.01. The van der Waals surface area contributed by atoms with E-state index in [4.69, 9.17) is 51.0 Å². The molecule has 2 aliphatic heterocycles. The van der Waals surface area contributed by atoms with Gasteiger partial charge < -0.3 is 48.6 Å². The van der Waals surface area contributed by atoms with Gasteiger partial charge in [0.1, 0.15) is 30.3 Å². The van der Waals surface area contributed by atoms with Crippen molar-refractivity contribution in [2.75, 3.05) is 84.5 Å². The smallest absolute Gasteiger partial charge is 0.227 e. The summed E-state index contributed by atoms with van der Waals surface area (Å²) in [6.45, 7) is 7.25. The number of piperazine rings is 1. The summed E-state index contributed by atoms with van der Waals surface area (Å²) < 4.78 is 34.6. The van der Waals surface area contributed by atoms with E-state index < -0.39 is 0 Å². The van der Waals surface area contributed by atoms with Crippen molar-refractivity contribution >= 4 is 90.1 Å². The van der Waals surface area contributed by atoms with Crippen LogP contribution in [-0.4, -0.2) is 104 Å². The predicted octanol–water partition coefficient (Wildman–Crippen LogP) is 9.53. The van der Waals surface area contributed by atoms with Gasteiger partial charge in [0.15, 0.2) is 34.2 Å². The Morgan fingerprint density at radius 3 is 2.06 bits per heavy atom. The number of nitrogens with one attached hydrogen (secondary N) is 3. The van der Waals surface area contributed by atoms with E-state index in [9.17, 15) is 0 Å². The van der Waals surface area contributed by atoms with Crippen molar-refractivity contribution in [2.45, 2.75) is 12.8 Å². The maximum Gasteiger partial charge on any atom is 0.227 e. The highest BCUT2D eigenvalue weighted by atomic mass is 35.5. The maximum atomic E-state index is 6.45. The van der Waals surface area contributed by atoms with Crippen LogP contribution in [0.5, 0.6) is 23.0 Å². The van der Waals surface area contributed by atoms with Crippen LogP contribution in [0.25, 0.3) is 43.7 Å². The number of ether oxygens (including phenoxy) is 4. The minimum absolute atomic E-state index is 0.424. The fourth-order valence-electron chi connectivity index (χ4n) is 7.68. The number of halogens is 2. The molecule has 0 unspecified atom stereocenters. The second kappa shape index (κ2) is 19.1. The molecular weight excluding hydrogens is 845 g/mol. The zero-order valence-electron chi connectivity index (χ0n) is 35.1. The van der Waals surface area contributed by atoms with Crippen molar-refractivity contribution in [2.24, 2.45) is 5.92 Å². The molecule has 2 aliphatic rings. The normalized spacial score (nSPS) is 15.1. The van der Waals surface area contributed by atoms with Crippen molar-refractivity contribution < 1.29 is 27.8 Å². The molecule has 326 valence electrons. The van der Waals surface area contributed by atoms with Crippen LogP contribution < -0.4 is 34.9 Å². The molecule has 10 rings (SSSR count).